The number of amides is 1. The maximum Gasteiger partial charge on any atom is 0.407 e. The van der Waals surface area contributed by atoms with Gasteiger partial charge >= 0.3 is 6.09 Å². The largest absolute Gasteiger partial charge is 0.444 e. The van der Waals surface area contributed by atoms with E-state index in [1.165, 1.54) is 0 Å². The lowest BCUT2D eigenvalue weighted by Crippen LogP contribution is -2.40. The third-order valence-corrected chi connectivity index (χ3v) is 2.84. The van der Waals surface area contributed by atoms with Crippen LogP contribution in [0, 0.1) is 0 Å². The van der Waals surface area contributed by atoms with Crippen molar-refractivity contribution in [1.82, 2.24) is 5.32 Å². The second-order valence-electron chi connectivity index (χ2n) is 4.91. The van der Waals surface area contributed by atoms with Gasteiger partial charge in [-0.1, -0.05) is 12.1 Å². The fourth-order valence-electron chi connectivity index (χ4n) is 1.38. The van der Waals surface area contributed by atoms with Crippen LogP contribution in [0.2, 0.25) is 0 Å². The summed E-state index contributed by atoms with van der Waals surface area (Å²) >= 11 is 4.40. The summed E-state index contributed by atoms with van der Waals surface area (Å²) in [4.78, 5) is 16.6. The molecule has 2 atom stereocenters. The van der Waals surface area contributed by atoms with E-state index in [4.69, 9.17) is 9.57 Å². The Labute approximate surface area is 107 Å². The van der Waals surface area contributed by atoms with Crippen LogP contribution in [0.25, 0.3) is 0 Å². The lowest BCUT2D eigenvalue weighted by molar-refractivity contribution is 0.0444. The topological polar surface area (TPSA) is 59.9 Å². The highest BCUT2D eigenvalue weighted by Gasteiger charge is 2.30. The van der Waals surface area contributed by atoms with Crippen molar-refractivity contribution in [3.05, 3.63) is 0 Å². The number of nitrogens with zero attached hydrogens (tertiary/aromatic N) is 1. The Hall–Kier alpha value is -0.910. The van der Waals surface area contributed by atoms with Gasteiger partial charge < -0.3 is 14.9 Å². The molecule has 5 nitrogen and oxygen atoms in total. The molecule has 0 fully saturated rings. The van der Waals surface area contributed by atoms with Crippen molar-refractivity contribution < 1.29 is 14.4 Å². The molecule has 6 heteroatoms. The molecule has 0 saturated carbocycles. The number of rotatable bonds is 3. The van der Waals surface area contributed by atoms with Crippen molar-refractivity contribution in [2.24, 2.45) is 5.16 Å². The molecule has 0 aliphatic carbocycles. The molecule has 0 spiro atoms. The van der Waals surface area contributed by atoms with Crippen LogP contribution in [-0.4, -0.2) is 35.3 Å². The molecule has 1 N–H and O–H groups in total. The maximum atomic E-state index is 11.4. The van der Waals surface area contributed by atoms with E-state index in [-0.39, 0.29) is 11.4 Å². The number of nitrogens with one attached hydrogen (secondary N) is 1. The molecule has 1 heterocycles. The van der Waals surface area contributed by atoms with Crippen LogP contribution < -0.4 is 5.32 Å². The average Bonchev–Trinajstić information content (AvgIpc) is 2.54. The first-order chi connectivity index (χ1) is 7.83. The van der Waals surface area contributed by atoms with Crippen molar-refractivity contribution in [2.75, 3.05) is 6.54 Å². The molecule has 0 aromatic carbocycles. The fraction of sp³-hybridized carbons (Fsp3) is 0.818. The van der Waals surface area contributed by atoms with Gasteiger partial charge in [0.05, 0.1) is 17.5 Å². The Balaban J connectivity index is 2.31. The van der Waals surface area contributed by atoms with E-state index in [1.54, 1.807) is 0 Å². The number of hydrogen-bond donors (Lipinski definition) is 2. The van der Waals surface area contributed by atoms with Gasteiger partial charge in [-0.2, -0.15) is 12.6 Å². The zero-order chi connectivity index (χ0) is 13.1. The Bertz CT molecular complexity index is 312. The predicted octanol–water partition coefficient (Wildman–Crippen LogP) is 1.97. The van der Waals surface area contributed by atoms with Crippen molar-refractivity contribution in [3.63, 3.8) is 0 Å². The smallest absolute Gasteiger partial charge is 0.407 e. The summed E-state index contributed by atoms with van der Waals surface area (Å²) in [5, 5.41) is 6.50. The summed E-state index contributed by atoms with van der Waals surface area (Å²) in [7, 11) is 0. The number of alkyl carbamates (subject to hydrolysis) is 1. The van der Waals surface area contributed by atoms with Crippen LogP contribution in [0.5, 0.6) is 0 Å². The minimum atomic E-state index is -0.494. The molecule has 98 valence electrons. The summed E-state index contributed by atoms with van der Waals surface area (Å²) in [6.45, 7) is 7.79. The molecular formula is C11H20N2O3S. The van der Waals surface area contributed by atoms with E-state index in [9.17, 15) is 4.79 Å². The Kier molecular flexibility index (Phi) is 4.68. The van der Waals surface area contributed by atoms with Gasteiger partial charge in [-0.05, 0) is 27.2 Å². The SMILES string of the molecule is CCC1=NOC(CNC(=O)OC(C)(C)C)C1S. The number of thiol groups is 1. The molecule has 0 aromatic rings. The van der Waals surface area contributed by atoms with Crippen molar-refractivity contribution in [3.8, 4) is 0 Å². The summed E-state index contributed by atoms with van der Waals surface area (Å²) < 4.78 is 5.12. The van der Waals surface area contributed by atoms with Crippen molar-refractivity contribution >= 4 is 24.4 Å². The Morgan fingerprint density at radius 3 is 2.71 bits per heavy atom. The summed E-state index contributed by atoms with van der Waals surface area (Å²) in [5.74, 6) is 0. The van der Waals surface area contributed by atoms with Crippen molar-refractivity contribution in [1.29, 1.82) is 0 Å². The van der Waals surface area contributed by atoms with Crippen molar-refractivity contribution in [2.45, 2.75) is 51.1 Å². The van der Waals surface area contributed by atoms with E-state index in [0.717, 1.165) is 12.1 Å². The van der Waals surface area contributed by atoms with Crippen LogP contribution >= 0.6 is 12.6 Å². The Morgan fingerprint density at radius 1 is 1.59 bits per heavy atom. The van der Waals surface area contributed by atoms with Crippen LogP contribution in [0.3, 0.4) is 0 Å². The Morgan fingerprint density at radius 2 is 2.24 bits per heavy atom. The molecule has 0 radical (unpaired) electrons. The van der Waals surface area contributed by atoms with Crippen LogP contribution in [-0.2, 0) is 9.57 Å². The lowest BCUT2D eigenvalue weighted by atomic mass is 10.1. The molecule has 1 amide bonds. The summed E-state index contributed by atoms with van der Waals surface area (Å²) in [6.07, 6.45) is 0.129. The average molecular weight is 260 g/mol. The third kappa shape index (κ3) is 4.46. The first kappa shape index (κ1) is 14.2. The molecule has 0 saturated heterocycles. The van der Waals surface area contributed by atoms with Gasteiger partial charge in [0.25, 0.3) is 0 Å². The van der Waals surface area contributed by atoms with E-state index >= 15 is 0 Å². The second-order valence-corrected chi connectivity index (χ2v) is 5.46. The zero-order valence-electron chi connectivity index (χ0n) is 10.7. The zero-order valence-corrected chi connectivity index (χ0v) is 11.6. The van der Waals surface area contributed by atoms with Gasteiger partial charge in [0.15, 0.2) is 6.10 Å². The minimum absolute atomic E-state index is 0.0602. The first-order valence-electron chi connectivity index (χ1n) is 5.71. The van der Waals surface area contributed by atoms with Gasteiger partial charge in [0.1, 0.15) is 5.60 Å². The highest BCUT2D eigenvalue weighted by atomic mass is 32.1. The molecule has 2 unspecified atom stereocenters. The quantitative estimate of drug-likeness (QED) is 0.763. The number of carbonyl (C=O) groups excluding carboxylic acids is 1. The monoisotopic (exact) mass is 260 g/mol. The fourth-order valence-corrected chi connectivity index (χ4v) is 1.77. The van der Waals surface area contributed by atoms with Crippen LogP contribution in [0.1, 0.15) is 34.1 Å². The number of ether oxygens (including phenoxy) is 1. The third-order valence-electron chi connectivity index (χ3n) is 2.21. The summed E-state index contributed by atoms with van der Waals surface area (Å²) in [6, 6.07) is 0. The van der Waals surface area contributed by atoms with Crippen LogP contribution in [0.4, 0.5) is 4.79 Å². The molecule has 17 heavy (non-hydrogen) atoms. The standard InChI is InChI=1S/C11H20N2O3S/c1-5-7-9(17)8(16-13-7)6-12-10(14)15-11(2,3)4/h8-9,17H,5-6H2,1-4H3,(H,12,14). The predicted molar refractivity (Wildman–Crippen MR) is 69.6 cm³/mol. The molecule has 1 aliphatic rings. The van der Waals surface area contributed by atoms with Gasteiger partial charge in [0, 0.05) is 0 Å². The number of oxime groups is 1. The van der Waals surface area contributed by atoms with Gasteiger partial charge in [-0.25, -0.2) is 4.79 Å². The van der Waals surface area contributed by atoms with Gasteiger partial charge in [0.2, 0.25) is 0 Å². The van der Waals surface area contributed by atoms with Gasteiger partial charge in [-0.3, -0.25) is 0 Å². The summed E-state index contributed by atoms with van der Waals surface area (Å²) in [5.41, 5.74) is 0.413. The normalized spacial score (nSPS) is 23.9. The number of hydrogen-bond acceptors (Lipinski definition) is 5. The number of carbonyl (C=O) groups is 1. The molecule has 1 aliphatic heterocycles. The molecule has 0 bridgehead atoms. The van der Waals surface area contributed by atoms with Crippen LogP contribution in [0.15, 0.2) is 5.16 Å². The van der Waals surface area contributed by atoms with E-state index < -0.39 is 11.7 Å². The highest BCUT2D eigenvalue weighted by Crippen LogP contribution is 2.18. The molecule has 1 rings (SSSR count). The van der Waals surface area contributed by atoms with E-state index in [0.29, 0.717) is 6.54 Å². The van der Waals surface area contributed by atoms with E-state index in [1.807, 2.05) is 27.7 Å². The van der Waals surface area contributed by atoms with Gasteiger partial charge in [-0.15, -0.1) is 0 Å². The maximum absolute atomic E-state index is 11.4. The molecular weight excluding hydrogens is 240 g/mol. The minimum Gasteiger partial charge on any atom is -0.444 e. The lowest BCUT2D eigenvalue weighted by Gasteiger charge is -2.21. The first-order valence-corrected chi connectivity index (χ1v) is 6.22. The van der Waals surface area contributed by atoms with E-state index in [2.05, 4.69) is 23.1 Å². The molecule has 0 aromatic heterocycles. The highest BCUT2D eigenvalue weighted by molar-refractivity contribution is 7.82. The second kappa shape index (κ2) is 5.62.